The highest BCUT2D eigenvalue weighted by Crippen LogP contribution is 2.28. The molecular weight excluding hydrogens is 214 g/mol. The van der Waals surface area contributed by atoms with Crippen molar-refractivity contribution in [2.75, 3.05) is 18.0 Å². The lowest BCUT2D eigenvalue weighted by molar-refractivity contribution is -0.121. The number of nitriles is 1. The topological polar surface area (TPSA) is 56.1 Å². The number of hydrogen-bond donors (Lipinski definition) is 1. The van der Waals surface area contributed by atoms with E-state index in [9.17, 15) is 4.79 Å². The van der Waals surface area contributed by atoms with Crippen LogP contribution in [0.1, 0.15) is 19.4 Å². The third kappa shape index (κ3) is 2.09. The summed E-state index contributed by atoms with van der Waals surface area (Å²) >= 11 is 0. The van der Waals surface area contributed by atoms with Crippen molar-refractivity contribution in [2.24, 2.45) is 0 Å². The average molecular weight is 229 g/mol. The predicted molar refractivity (Wildman–Crippen MR) is 65.6 cm³/mol. The highest BCUT2D eigenvalue weighted by atomic mass is 16.2. The summed E-state index contributed by atoms with van der Waals surface area (Å²) in [6, 6.07) is 9.56. The molecule has 1 aliphatic rings. The molecule has 0 aromatic heterocycles. The van der Waals surface area contributed by atoms with Crippen molar-refractivity contribution < 1.29 is 4.79 Å². The summed E-state index contributed by atoms with van der Waals surface area (Å²) in [5, 5.41) is 12.0. The van der Waals surface area contributed by atoms with Gasteiger partial charge < -0.3 is 10.2 Å². The van der Waals surface area contributed by atoms with Crippen LogP contribution in [0.5, 0.6) is 0 Å². The van der Waals surface area contributed by atoms with E-state index in [0.29, 0.717) is 18.7 Å². The van der Waals surface area contributed by atoms with Gasteiger partial charge in [0, 0.05) is 6.54 Å². The van der Waals surface area contributed by atoms with Gasteiger partial charge in [-0.1, -0.05) is 12.1 Å². The molecule has 4 heteroatoms. The maximum absolute atomic E-state index is 11.5. The van der Waals surface area contributed by atoms with Crippen LogP contribution in [0.3, 0.4) is 0 Å². The van der Waals surface area contributed by atoms with E-state index < -0.39 is 0 Å². The molecule has 1 saturated heterocycles. The number of para-hydroxylation sites is 1. The Balaban J connectivity index is 2.44. The first kappa shape index (κ1) is 11.5. The van der Waals surface area contributed by atoms with Gasteiger partial charge in [0.2, 0.25) is 5.91 Å². The minimum Gasteiger partial charge on any atom is -0.354 e. The lowest BCUT2D eigenvalue weighted by atomic mass is 9.97. The summed E-state index contributed by atoms with van der Waals surface area (Å²) in [7, 11) is 0. The fourth-order valence-corrected chi connectivity index (χ4v) is 2.04. The fourth-order valence-electron chi connectivity index (χ4n) is 2.04. The number of carbonyl (C=O) groups excluding carboxylic acids is 1. The molecule has 0 bridgehead atoms. The highest BCUT2D eigenvalue weighted by Gasteiger charge is 2.34. The van der Waals surface area contributed by atoms with Gasteiger partial charge in [-0.15, -0.1) is 0 Å². The van der Waals surface area contributed by atoms with Crippen LogP contribution < -0.4 is 10.2 Å². The largest absolute Gasteiger partial charge is 0.354 e. The Labute approximate surface area is 101 Å². The Kier molecular flexibility index (Phi) is 2.76. The lowest BCUT2D eigenvalue weighted by Crippen LogP contribution is -2.60. The van der Waals surface area contributed by atoms with Crippen LogP contribution >= 0.6 is 0 Å². The Hall–Kier alpha value is -2.02. The van der Waals surface area contributed by atoms with Crippen LogP contribution in [-0.2, 0) is 4.79 Å². The monoisotopic (exact) mass is 229 g/mol. The normalized spacial score (nSPS) is 18.4. The minimum absolute atomic E-state index is 0.00271. The number of anilines is 1. The third-order valence-corrected chi connectivity index (χ3v) is 3.07. The smallest absolute Gasteiger partial charge is 0.239 e. The molecule has 0 radical (unpaired) electrons. The van der Waals surface area contributed by atoms with Gasteiger partial charge >= 0.3 is 0 Å². The molecule has 0 saturated carbocycles. The van der Waals surface area contributed by atoms with Crippen LogP contribution in [0.4, 0.5) is 5.69 Å². The van der Waals surface area contributed by atoms with Gasteiger partial charge in [0.1, 0.15) is 6.07 Å². The summed E-state index contributed by atoms with van der Waals surface area (Å²) in [6.45, 7) is 5.00. The molecule has 0 atom stereocenters. The molecule has 1 fully saturated rings. The third-order valence-electron chi connectivity index (χ3n) is 3.07. The maximum Gasteiger partial charge on any atom is 0.239 e. The van der Waals surface area contributed by atoms with Crippen molar-refractivity contribution in [3.8, 4) is 6.07 Å². The molecule has 1 aromatic rings. The summed E-state index contributed by atoms with van der Waals surface area (Å²) < 4.78 is 0. The second kappa shape index (κ2) is 4.10. The molecular formula is C13H15N3O. The molecule has 0 unspecified atom stereocenters. The van der Waals surface area contributed by atoms with E-state index in [4.69, 9.17) is 5.26 Å². The molecule has 2 rings (SSSR count). The summed E-state index contributed by atoms with van der Waals surface area (Å²) in [5.41, 5.74) is 1.26. The zero-order valence-corrected chi connectivity index (χ0v) is 10.0. The van der Waals surface area contributed by atoms with Crippen molar-refractivity contribution in [3.05, 3.63) is 29.8 Å². The molecule has 0 aliphatic carbocycles. The van der Waals surface area contributed by atoms with Gasteiger partial charge in [0.05, 0.1) is 23.3 Å². The zero-order valence-electron chi connectivity index (χ0n) is 10.0. The second-order valence-electron chi connectivity index (χ2n) is 4.80. The van der Waals surface area contributed by atoms with Gasteiger partial charge in [0.15, 0.2) is 0 Å². The SMILES string of the molecule is CC1(C)CNC(=O)CN1c1ccccc1C#N. The first-order valence-electron chi connectivity index (χ1n) is 5.58. The minimum atomic E-state index is -0.180. The summed E-state index contributed by atoms with van der Waals surface area (Å²) in [6.07, 6.45) is 0. The van der Waals surface area contributed by atoms with Crippen LogP contribution in [0, 0.1) is 11.3 Å². The van der Waals surface area contributed by atoms with Crippen molar-refractivity contribution in [1.82, 2.24) is 5.32 Å². The highest BCUT2D eigenvalue weighted by molar-refractivity contribution is 5.84. The van der Waals surface area contributed by atoms with E-state index in [2.05, 4.69) is 25.2 Å². The van der Waals surface area contributed by atoms with Crippen LogP contribution in [0.2, 0.25) is 0 Å². The number of benzene rings is 1. The molecule has 4 nitrogen and oxygen atoms in total. The molecule has 88 valence electrons. The number of rotatable bonds is 1. The van der Waals surface area contributed by atoms with E-state index >= 15 is 0 Å². The van der Waals surface area contributed by atoms with Crippen LogP contribution in [0.25, 0.3) is 0 Å². The number of nitrogens with one attached hydrogen (secondary N) is 1. The molecule has 1 heterocycles. The Morgan fingerprint density at radius 2 is 2.12 bits per heavy atom. The zero-order chi connectivity index (χ0) is 12.5. The summed E-state index contributed by atoms with van der Waals surface area (Å²) in [5.74, 6) is -0.00271. The van der Waals surface area contributed by atoms with Crippen molar-refractivity contribution >= 4 is 11.6 Å². The van der Waals surface area contributed by atoms with Crippen molar-refractivity contribution in [2.45, 2.75) is 19.4 Å². The van der Waals surface area contributed by atoms with Crippen LogP contribution in [-0.4, -0.2) is 24.5 Å². The van der Waals surface area contributed by atoms with Gasteiger partial charge in [-0.05, 0) is 26.0 Å². The van der Waals surface area contributed by atoms with Crippen molar-refractivity contribution in [1.29, 1.82) is 5.26 Å². The quantitative estimate of drug-likeness (QED) is 0.789. The van der Waals surface area contributed by atoms with Gasteiger partial charge in [-0.3, -0.25) is 4.79 Å². The number of piperazine rings is 1. The van der Waals surface area contributed by atoms with E-state index in [-0.39, 0.29) is 11.4 Å². The number of hydrogen-bond acceptors (Lipinski definition) is 3. The van der Waals surface area contributed by atoms with E-state index in [1.807, 2.05) is 23.1 Å². The van der Waals surface area contributed by atoms with Gasteiger partial charge in [-0.25, -0.2) is 0 Å². The Morgan fingerprint density at radius 1 is 1.41 bits per heavy atom. The fraction of sp³-hybridized carbons (Fsp3) is 0.385. The standard InChI is InChI=1S/C13H15N3O/c1-13(2)9-15-12(17)8-16(13)11-6-4-3-5-10(11)7-14/h3-6H,8-9H2,1-2H3,(H,15,17). The Morgan fingerprint density at radius 3 is 2.82 bits per heavy atom. The molecule has 1 aromatic carbocycles. The molecule has 0 spiro atoms. The van der Waals surface area contributed by atoms with Crippen molar-refractivity contribution in [3.63, 3.8) is 0 Å². The number of carbonyl (C=O) groups is 1. The van der Waals surface area contributed by atoms with Gasteiger partial charge in [0.25, 0.3) is 0 Å². The first-order valence-corrected chi connectivity index (χ1v) is 5.58. The summed E-state index contributed by atoms with van der Waals surface area (Å²) in [4.78, 5) is 13.5. The average Bonchev–Trinajstić information content (AvgIpc) is 2.32. The van der Waals surface area contributed by atoms with Gasteiger partial charge in [-0.2, -0.15) is 5.26 Å². The van der Waals surface area contributed by atoms with Crippen LogP contribution in [0.15, 0.2) is 24.3 Å². The van der Waals surface area contributed by atoms with E-state index in [0.717, 1.165) is 5.69 Å². The molecule has 1 N–H and O–H groups in total. The lowest BCUT2D eigenvalue weighted by Gasteiger charge is -2.44. The number of amides is 1. The van der Waals surface area contributed by atoms with E-state index in [1.54, 1.807) is 6.07 Å². The first-order chi connectivity index (χ1) is 8.04. The second-order valence-corrected chi connectivity index (χ2v) is 4.80. The molecule has 1 amide bonds. The molecule has 1 aliphatic heterocycles. The maximum atomic E-state index is 11.5. The molecule has 17 heavy (non-hydrogen) atoms. The predicted octanol–water partition coefficient (Wildman–Crippen LogP) is 1.27. The number of nitrogens with zero attached hydrogens (tertiary/aromatic N) is 2. The van der Waals surface area contributed by atoms with E-state index in [1.165, 1.54) is 0 Å². The Bertz CT molecular complexity index is 488.